The number of hydrogen-bond acceptors (Lipinski definition) is 3. The van der Waals surface area contributed by atoms with Gasteiger partial charge in [0.2, 0.25) is 0 Å². The van der Waals surface area contributed by atoms with E-state index in [9.17, 15) is 9.59 Å². The second-order valence-electron chi connectivity index (χ2n) is 6.20. The summed E-state index contributed by atoms with van der Waals surface area (Å²) >= 11 is 0. The summed E-state index contributed by atoms with van der Waals surface area (Å²) in [6.07, 6.45) is 6.75. The van der Waals surface area contributed by atoms with E-state index < -0.39 is 12.1 Å². The van der Waals surface area contributed by atoms with Gasteiger partial charge < -0.3 is 10.1 Å². The molecule has 1 saturated carbocycles. The number of esters is 1. The van der Waals surface area contributed by atoms with E-state index in [2.05, 4.69) is 12.2 Å². The highest BCUT2D eigenvalue weighted by Gasteiger charge is 2.25. The number of ether oxygens (including phenoxy) is 1. The van der Waals surface area contributed by atoms with Crippen molar-refractivity contribution in [2.75, 3.05) is 0 Å². The van der Waals surface area contributed by atoms with Crippen LogP contribution in [0.15, 0.2) is 36.4 Å². The van der Waals surface area contributed by atoms with Gasteiger partial charge in [0, 0.05) is 12.1 Å². The van der Waals surface area contributed by atoms with Crippen LogP contribution in [-0.4, -0.2) is 24.0 Å². The minimum atomic E-state index is -0.781. The topological polar surface area (TPSA) is 55.4 Å². The van der Waals surface area contributed by atoms with Gasteiger partial charge in [-0.05, 0) is 37.3 Å². The fourth-order valence-electron chi connectivity index (χ4n) is 2.83. The monoisotopic (exact) mass is 315 g/mol. The van der Waals surface area contributed by atoms with Gasteiger partial charge in [-0.2, -0.15) is 0 Å². The molecule has 23 heavy (non-hydrogen) atoms. The SMILES string of the molecule is C[C@@H](OC(=O)/C=C/c1ccccc1)C(=O)N[C@@H]1CCCC[C@@H]1C. The fraction of sp³-hybridized carbons (Fsp3) is 0.474. The van der Waals surface area contributed by atoms with Crippen molar-refractivity contribution in [2.24, 2.45) is 5.92 Å². The van der Waals surface area contributed by atoms with Crippen molar-refractivity contribution in [1.82, 2.24) is 5.32 Å². The van der Waals surface area contributed by atoms with Gasteiger partial charge in [0.1, 0.15) is 0 Å². The summed E-state index contributed by atoms with van der Waals surface area (Å²) < 4.78 is 5.17. The molecule has 0 radical (unpaired) electrons. The quantitative estimate of drug-likeness (QED) is 0.670. The third-order valence-corrected chi connectivity index (χ3v) is 4.31. The lowest BCUT2D eigenvalue weighted by Crippen LogP contribution is -2.45. The normalized spacial score (nSPS) is 22.5. The molecule has 2 rings (SSSR count). The Balaban J connectivity index is 1.80. The van der Waals surface area contributed by atoms with E-state index in [0.717, 1.165) is 24.8 Å². The zero-order valence-electron chi connectivity index (χ0n) is 13.8. The van der Waals surface area contributed by atoms with Gasteiger partial charge in [0.25, 0.3) is 5.91 Å². The first-order valence-electron chi connectivity index (χ1n) is 8.30. The number of rotatable bonds is 5. The molecular weight excluding hydrogens is 290 g/mol. The summed E-state index contributed by atoms with van der Waals surface area (Å²) in [6, 6.07) is 9.68. The van der Waals surface area contributed by atoms with Crippen molar-refractivity contribution in [3.8, 4) is 0 Å². The summed E-state index contributed by atoms with van der Waals surface area (Å²) in [5.41, 5.74) is 0.914. The zero-order valence-corrected chi connectivity index (χ0v) is 13.8. The smallest absolute Gasteiger partial charge is 0.331 e. The van der Waals surface area contributed by atoms with E-state index in [-0.39, 0.29) is 11.9 Å². The highest BCUT2D eigenvalue weighted by atomic mass is 16.5. The average Bonchev–Trinajstić information content (AvgIpc) is 2.56. The predicted molar refractivity (Wildman–Crippen MR) is 90.6 cm³/mol. The Morgan fingerprint density at radius 2 is 1.91 bits per heavy atom. The van der Waals surface area contributed by atoms with Gasteiger partial charge in [-0.1, -0.05) is 50.1 Å². The van der Waals surface area contributed by atoms with Crippen LogP contribution in [0.3, 0.4) is 0 Å². The maximum absolute atomic E-state index is 12.2. The molecule has 1 aromatic rings. The van der Waals surface area contributed by atoms with Gasteiger partial charge in [-0.15, -0.1) is 0 Å². The standard InChI is InChI=1S/C19H25NO3/c1-14-8-6-7-11-17(14)20-19(22)15(2)23-18(21)13-12-16-9-4-3-5-10-16/h3-5,9-10,12-15,17H,6-8,11H2,1-2H3,(H,20,22)/b13-12+/t14-,15+,17+/m0/s1. The van der Waals surface area contributed by atoms with E-state index in [0.29, 0.717) is 5.92 Å². The van der Waals surface area contributed by atoms with Gasteiger partial charge in [-0.3, -0.25) is 4.79 Å². The number of benzene rings is 1. The fourth-order valence-corrected chi connectivity index (χ4v) is 2.83. The van der Waals surface area contributed by atoms with Crippen LogP contribution in [0.25, 0.3) is 6.08 Å². The molecule has 0 unspecified atom stereocenters. The van der Waals surface area contributed by atoms with E-state index in [1.165, 1.54) is 12.5 Å². The van der Waals surface area contributed by atoms with Crippen LogP contribution in [0.5, 0.6) is 0 Å². The van der Waals surface area contributed by atoms with Crippen LogP contribution in [0.4, 0.5) is 0 Å². The molecule has 124 valence electrons. The lowest BCUT2D eigenvalue weighted by Gasteiger charge is -2.30. The van der Waals surface area contributed by atoms with Gasteiger partial charge in [0.05, 0.1) is 0 Å². The van der Waals surface area contributed by atoms with Crippen molar-refractivity contribution in [1.29, 1.82) is 0 Å². The van der Waals surface area contributed by atoms with E-state index in [4.69, 9.17) is 4.74 Å². The summed E-state index contributed by atoms with van der Waals surface area (Å²) in [7, 11) is 0. The largest absolute Gasteiger partial charge is 0.449 e. The van der Waals surface area contributed by atoms with E-state index >= 15 is 0 Å². The Kier molecular flexibility index (Phi) is 6.39. The van der Waals surface area contributed by atoms with Crippen LogP contribution < -0.4 is 5.32 Å². The molecule has 4 nitrogen and oxygen atoms in total. The minimum Gasteiger partial charge on any atom is -0.449 e. The van der Waals surface area contributed by atoms with Crippen molar-refractivity contribution >= 4 is 18.0 Å². The molecule has 1 aliphatic carbocycles. The molecule has 1 fully saturated rings. The summed E-state index contributed by atoms with van der Waals surface area (Å²) in [6.45, 7) is 3.76. The maximum atomic E-state index is 12.2. The Labute approximate surface area is 137 Å². The molecule has 1 amide bonds. The second-order valence-corrected chi connectivity index (χ2v) is 6.20. The molecular formula is C19H25NO3. The van der Waals surface area contributed by atoms with E-state index in [1.54, 1.807) is 13.0 Å². The van der Waals surface area contributed by atoms with Gasteiger partial charge in [0.15, 0.2) is 6.10 Å². The van der Waals surface area contributed by atoms with Crippen molar-refractivity contribution < 1.29 is 14.3 Å². The van der Waals surface area contributed by atoms with Gasteiger partial charge >= 0.3 is 5.97 Å². The predicted octanol–water partition coefficient (Wildman–Crippen LogP) is 3.33. The van der Waals surface area contributed by atoms with Crippen LogP contribution in [-0.2, 0) is 14.3 Å². The summed E-state index contributed by atoms with van der Waals surface area (Å²) in [4.78, 5) is 24.0. The first kappa shape index (κ1) is 17.3. The first-order chi connectivity index (χ1) is 11.1. The molecule has 4 heteroatoms. The van der Waals surface area contributed by atoms with Crippen molar-refractivity contribution in [3.63, 3.8) is 0 Å². The highest BCUT2D eigenvalue weighted by molar-refractivity contribution is 5.90. The summed E-state index contributed by atoms with van der Waals surface area (Å²) in [5.74, 6) is -0.244. The number of amides is 1. The Hall–Kier alpha value is -2.10. The minimum absolute atomic E-state index is 0.192. The lowest BCUT2D eigenvalue weighted by molar-refractivity contribution is -0.150. The Bertz CT molecular complexity index is 553. The molecule has 0 aromatic heterocycles. The molecule has 0 aliphatic heterocycles. The average molecular weight is 315 g/mol. The number of carbonyl (C=O) groups is 2. The van der Waals surface area contributed by atoms with Crippen molar-refractivity contribution in [2.45, 2.75) is 51.7 Å². The van der Waals surface area contributed by atoms with Crippen LogP contribution in [0.2, 0.25) is 0 Å². The second kappa shape index (κ2) is 8.51. The third-order valence-electron chi connectivity index (χ3n) is 4.31. The molecule has 0 saturated heterocycles. The number of nitrogens with one attached hydrogen (secondary N) is 1. The lowest BCUT2D eigenvalue weighted by atomic mass is 9.86. The van der Waals surface area contributed by atoms with Crippen molar-refractivity contribution in [3.05, 3.63) is 42.0 Å². The highest BCUT2D eigenvalue weighted by Crippen LogP contribution is 2.23. The number of carbonyl (C=O) groups excluding carboxylic acids is 2. The van der Waals surface area contributed by atoms with E-state index in [1.807, 2.05) is 30.3 Å². The third kappa shape index (κ3) is 5.55. The molecule has 1 N–H and O–H groups in total. The Morgan fingerprint density at radius 3 is 2.61 bits per heavy atom. The zero-order chi connectivity index (χ0) is 16.7. The van der Waals surface area contributed by atoms with Crippen LogP contribution in [0, 0.1) is 5.92 Å². The molecule has 1 aromatic carbocycles. The summed E-state index contributed by atoms with van der Waals surface area (Å²) in [5, 5.41) is 3.01. The molecule has 1 aliphatic rings. The molecule has 0 bridgehead atoms. The van der Waals surface area contributed by atoms with Gasteiger partial charge in [-0.25, -0.2) is 4.79 Å². The molecule has 0 spiro atoms. The Morgan fingerprint density at radius 1 is 1.22 bits per heavy atom. The first-order valence-corrected chi connectivity index (χ1v) is 8.30. The molecule has 0 heterocycles. The van der Waals surface area contributed by atoms with Crippen LogP contribution >= 0.6 is 0 Å². The van der Waals surface area contributed by atoms with Crippen LogP contribution in [0.1, 0.15) is 45.1 Å². The molecule has 3 atom stereocenters. The number of hydrogen-bond donors (Lipinski definition) is 1. The maximum Gasteiger partial charge on any atom is 0.331 e.